The van der Waals surface area contributed by atoms with Crippen molar-refractivity contribution in [2.45, 2.75) is 20.0 Å². The van der Waals surface area contributed by atoms with E-state index in [0.29, 0.717) is 31.7 Å². The Morgan fingerprint density at radius 2 is 1.62 bits per heavy atom. The summed E-state index contributed by atoms with van der Waals surface area (Å²) < 4.78 is 5.21. The number of esters is 1. The standard InChI is InChI=1S/C17H19N3O4/c1-12(16(22)20-9-7-19(8-10-20)13(2)21)24-17(23)15-5-3-14(11-18)4-6-15/h3-6,12H,7-10H2,1-2H3. The van der Waals surface area contributed by atoms with Crippen LogP contribution in [0, 0.1) is 11.3 Å². The second-order valence-corrected chi connectivity index (χ2v) is 5.57. The number of carbonyl (C=O) groups excluding carboxylic acids is 3. The number of piperazine rings is 1. The van der Waals surface area contributed by atoms with Gasteiger partial charge in [0.25, 0.3) is 5.91 Å². The number of benzene rings is 1. The van der Waals surface area contributed by atoms with Gasteiger partial charge >= 0.3 is 5.97 Å². The Hall–Kier alpha value is -2.88. The maximum absolute atomic E-state index is 12.3. The minimum absolute atomic E-state index is 0.0117. The second-order valence-electron chi connectivity index (χ2n) is 5.57. The third-order valence-electron chi connectivity index (χ3n) is 3.92. The van der Waals surface area contributed by atoms with Gasteiger partial charge in [-0.2, -0.15) is 5.26 Å². The number of amides is 2. The van der Waals surface area contributed by atoms with E-state index in [1.54, 1.807) is 9.80 Å². The second kappa shape index (κ2) is 7.59. The van der Waals surface area contributed by atoms with Gasteiger partial charge in [-0.1, -0.05) is 0 Å². The van der Waals surface area contributed by atoms with Crippen LogP contribution >= 0.6 is 0 Å². The zero-order valence-electron chi connectivity index (χ0n) is 13.7. The van der Waals surface area contributed by atoms with Gasteiger partial charge in [-0.15, -0.1) is 0 Å². The van der Waals surface area contributed by atoms with Gasteiger partial charge in [-0.25, -0.2) is 4.79 Å². The summed E-state index contributed by atoms with van der Waals surface area (Å²) in [4.78, 5) is 39.0. The fraction of sp³-hybridized carbons (Fsp3) is 0.412. The first-order valence-electron chi connectivity index (χ1n) is 7.68. The summed E-state index contributed by atoms with van der Waals surface area (Å²) >= 11 is 0. The van der Waals surface area contributed by atoms with Gasteiger partial charge < -0.3 is 14.5 Å². The maximum Gasteiger partial charge on any atom is 0.338 e. The average Bonchev–Trinajstić information content (AvgIpc) is 2.61. The molecule has 1 aromatic carbocycles. The summed E-state index contributed by atoms with van der Waals surface area (Å²) in [5.41, 5.74) is 0.731. The Kier molecular flexibility index (Phi) is 5.53. The van der Waals surface area contributed by atoms with Crippen LogP contribution in [0.3, 0.4) is 0 Å². The van der Waals surface area contributed by atoms with Crippen LogP contribution in [0.5, 0.6) is 0 Å². The van der Waals surface area contributed by atoms with Crippen LogP contribution in [0.15, 0.2) is 24.3 Å². The molecule has 0 spiro atoms. The highest BCUT2D eigenvalue weighted by atomic mass is 16.5. The number of hydrogen-bond acceptors (Lipinski definition) is 5. The molecule has 2 rings (SSSR count). The van der Waals surface area contributed by atoms with Crippen LogP contribution in [0.4, 0.5) is 0 Å². The Morgan fingerprint density at radius 3 is 2.12 bits per heavy atom. The third-order valence-corrected chi connectivity index (χ3v) is 3.92. The molecule has 7 nitrogen and oxygen atoms in total. The van der Waals surface area contributed by atoms with Crippen LogP contribution in [-0.2, 0) is 14.3 Å². The van der Waals surface area contributed by atoms with Crippen molar-refractivity contribution < 1.29 is 19.1 Å². The first-order valence-corrected chi connectivity index (χ1v) is 7.68. The highest BCUT2D eigenvalue weighted by molar-refractivity contribution is 5.92. The third kappa shape index (κ3) is 4.10. The van der Waals surface area contributed by atoms with Crippen LogP contribution < -0.4 is 0 Å². The van der Waals surface area contributed by atoms with Crippen molar-refractivity contribution in [3.63, 3.8) is 0 Å². The lowest BCUT2D eigenvalue weighted by molar-refractivity contribution is -0.144. The predicted molar refractivity (Wildman–Crippen MR) is 84.9 cm³/mol. The Bertz CT molecular complexity index is 670. The molecule has 1 fully saturated rings. The first kappa shape index (κ1) is 17.5. The molecule has 126 valence electrons. The van der Waals surface area contributed by atoms with E-state index in [1.807, 2.05) is 6.07 Å². The predicted octanol–water partition coefficient (Wildman–Crippen LogP) is 0.794. The molecule has 0 saturated carbocycles. The van der Waals surface area contributed by atoms with Gasteiger partial charge in [-0.05, 0) is 31.2 Å². The zero-order chi connectivity index (χ0) is 17.7. The molecule has 1 unspecified atom stereocenters. The Balaban J connectivity index is 1.90. The summed E-state index contributed by atoms with van der Waals surface area (Å²) in [6.07, 6.45) is -0.906. The van der Waals surface area contributed by atoms with Crippen LogP contribution in [-0.4, -0.2) is 59.9 Å². The SMILES string of the molecule is CC(=O)N1CCN(C(=O)C(C)OC(=O)c2ccc(C#N)cc2)CC1. The molecule has 0 radical (unpaired) electrons. The van der Waals surface area contributed by atoms with E-state index in [-0.39, 0.29) is 17.4 Å². The highest BCUT2D eigenvalue weighted by Crippen LogP contribution is 2.10. The number of hydrogen-bond donors (Lipinski definition) is 0. The van der Waals surface area contributed by atoms with E-state index in [0.717, 1.165) is 0 Å². The molecule has 24 heavy (non-hydrogen) atoms. The van der Waals surface area contributed by atoms with Crippen molar-refractivity contribution >= 4 is 17.8 Å². The van der Waals surface area contributed by atoms with Gasteiger partial charge in [-0.3, -0.25) is 9.59 Å². The van der Waals surface area contributed by atoms with Crippen molar-refractivity contribution in [1.29, 1.82) is 5.26 Å². The molecule has 0 N–H and O–H groups in total. The number of nitriles is 1. The van der Waals surface area contributed by atoms with Crippen molar-refractivity contribution in [2.75, 3.05) is 26.2 Å². The molecular formula is C17H19N3O4. The van der Waals surface area contributed by atoms with E-state index >= 15 is 0 Å². The van der Waals surface area contributed by atoms with Crippen molar-refractivity contribution in [2.24, 2.45) is 0 Å². The van der Waals surface area contributed by atoms with E-state index in [2.05, 4.69) is 0 Å². The van der Waals surface area contributed by atoms with Gasteiger partial charge in [0.15, 0.2) is 6.10 Å². The van der Waals surface area contributed by atoms with E-state index in [4.69, 9.17) is 10.00 Å². The average molecular weight is 329 g/mol. The molecule has 1 heterocycles. The Labute approximate surface area is 140 Å². The minimum atomic E-state index is -0.906. The van der Waals surface area contributed by atoms with Crippen molar-refractivity contribution in [3.8, 4) is 6.07 Å². The number of rotatable bonds is 3. The quantitative estimate of drug-likeness (QED) is 0.765. The summed E-state index contributed by atoms with van der Waals surface area (Å²) in [5.74, 6) is -0.898. The molecule has 0 bridgehead atoms. The van der Waals surface area contributed by atoms with E-state index in [1.165, 1.54) is 38.1 Å². The molecule has 0 aromatic heterocycles. The number of ether oxygens (including phenoxy) is 1. The molecular weight excluding hydrogens is 310 g/mol. The lowest BCUT2D eigenvalue weighted by Gasteiger charge is -2.35. The molecule has 0 aliphatic carbocycles. The van der Waals surface area contributed by atoms with Gasteiger partial charge in [0.2, 0.25) is 5.91 Å². The van der Waals surface area contributed by atoms with Crippen molar-refractivity contribution in [3.05, 3.63) is 35.4 Å². The lowest BCUT2D eigenvalue weighted by atomic mass is 10.1. The molecule has 1 aliphatic rings. The zero-order valence-corrected chi connectivity index (χ0v) is 13.7. The van der Waals surface area contributed by atoms with E-state index in [9.17, 15) is 14.4 Å². The molecule has 1 saturated heterocycles. The monoisotopic (exact) mass is 329 g/mol. The molecule has 1 atom stereocenters. The number of nitrogens with zero attached hydrogens (tertiary/aromatic N) is 3. The fourth-order valence-electron chi connectivity index (χ4n) is 2.46. The summed E-state index contributed by atoms with van der Waals surface area (Å²) in [7, 11) is 0. The van der Waals surface area contributed by atoms with Crippen LogP contribution in [0.25, 0.3) is 0 Å². The summed E-state index contributed by atoms with van der Waals surface area (Å²) in [5, 5.41) is 8.74. The largest absolute Gasteiger partial charge is 0.449 e. The van der Waals surface area contributed by atoms with Crippen LogP contribution in [0.2, 0.25) is 0 Å². The molecule has 1 aromatic rings. The van der Waals surface area contributed by atoms with Crippen LogP contribution in [0.1, 0.15) is 29.8 Å². The molecule has 1 aliphatic heterocycles. The Morgan fingerprint density at radius 1 is 1.08 bits per heavy atom. The fourth-order valence-corrected chi connectivity index (χ4v) is 2.46. The number of carbonyl (C=O) groups is 3. The highest BCUT2D eigenvalue weighted by Gasteiger charge is 2.28. The minimum Gasteiger partial charge on any atom is -0.449 e. The van der Waals surface area contributed by atoms with E-state index < -0.39 is 12.1 Å². The van der Waals surface area contributed by atoms with Gasteiger partial charge in [0.05, 0.1) is 17.2 Å². The summed E-state index contributed by atoms with van der Waals surface area (Å²) in [6.45, 7) is 4.85. The topological polar surface area (TPSA) is 90.7 Å². The molecule has 2 amide bonds. The lowest BCUT2D eigenvalue weighted by Crippen LogP contribution is -2.52. The van der Waals surface area contributed by atoms with Crippen molar-refractivity contribution in [1.82, 2.24) is 9.80 Å². The normalized spacial score (nSPS) is 15.4. The summed E-state index contributed by atoms with van der Waals surface area (Å²) in [6, 6.07) is 7.98. The molecule has 7 heteroatoms. The van der Waals surface area contributed by atoms with Gasteiger partial charge in [0.1, 0.15) is 0 Å². The first-order chi connectivity index (χ1) is 11.4. The smallest absolute Gasteiger partial charge is 0.338 e. The maximum atomic E-state index is 12.3. The van der Waals surface area contributed by atoms with Gasteiger partial charge in [0, 0.05) is 33.1 Å².